The van der Waals surface area contributed by atoms with Gasteiger partial charge in [-0.05, 0) is 38.2 Å². The Kier molecular flexibility index (Phi) is 3.64. The van der Waals surface area contributed by atoms with Gasteiger partial charge in [-0.3, -0.25) is 4.90 Å². The van der Waals surface area contributed by atoms with E-state index in [1.165, 1.54) is 12.1 Å². The van der Waals surface area contributed by atoms with Crippen molar-refractivity contribution >= 4 is 5.69 Å². The summed E-state index contributed by atoms with van der Waals surface area (Å²) in [7, 11) is 2.04. The largest absolute Gasteiger partial charge is 0.395 e. The minimum Gasteiger partial charge on any atom is -0.395 e. The zero-order valence-corrected chi connectivity index (χ0v) is 10.3. The molecule has 1 fully saturated rings. The highest BCUT2D eigenvalue weighted by molar-refractivity contribution is 5.47. The predicted molar refractivity (Wildman–Crippen MR) is 66.7 cm³/mol. The number of nitrogens with zero attached hydrogens (tertiary/aromatic N) is 2. The van der Waals surface area contributed by atoms with Crippen molar-refractivity contribution in [1.82, 2.24) is 4.90 Å². The van der Waals surface area contributed by atoms with Crippen molar-refractivity contribution in [3.05, 3.63) is 30.1 Å². The van der Waals surface area contributed by atoms with E-state index >= 15 is 0 Å². The van der Waals surface area contributed by atoms with Gasteiger partial charge in [0.1, 0.15) is 5.82 Å². The Morgan fingerprint density at radius 1 is 1.29 bits per heavy atom. The van der Waals surface area contributed by atoms with E-state index in [0.717, 1.165) is 18.8 Å². The van der Waals surface area contributed by atoms with Crippen LogP contribution in [0.3, 0.4) is 0 Å². The van der Waals surface area contributed by atoms with E-state index < -0.39 is 0 Å². The first kappa shape index (κ1) is 12.3. The summed E-state index contributed by atoms with van der Waals surface area (Å²) in [5.41, 5.74) is 1.02. The standard InChI is InChI=1S/C13H19FN2O/c1-10-7-16(8-13(9-17)15(10)2)12-5-3-11(14)4-6-12/h3-6,10,13,17H,7-9H2,1-2H3. The molecule has 0 radical (unpaired) electrons. The highest BCUT2D eigenvalue weighted by atomic mass is 19.1. The number of hydrogen-bond donors (Lipinski definition) is 1. The number of piperazine rings is 1. The van der Waals surface area contributed by atoms with Crippen LogP contribution in [0.15, 0.2) is 24.3 Å². The van der Waals surface area contributed by atoms with E-state index in [0.29, 0.717) is 6.04 Å². The van der Waals surface area contributed by atoms with Crippen LogP contribution in [0, 0.1) is 5.82 Å². The molecule has 94 valence electrons. The van der Waals surface area contributed by atoms with Crippen molar-refractivity contribution in [1.29, 1.82) is 0 Å². The maximum absolute atomic E-state index is 12.9. The minimum atomic E-state index is -0.213. The van der Waals surface area contributed by atoms with Crippen molar-refractivity contribution in [3.8, 4) is 0 Å². The third-order valence-corrected chi connectivity index (χ3v) is 3.59. The van der Waals surface area contributed by atoms with Crippen LogP contribution in [0.25, 0.3) is 0 Å². The van der Waals surface area contributed by atoms with E-state index in [-0.39, 0.29) is 18.5 Å². The van der Waals surface area contributed by atoms with Crippen LogP contribution >= 0.6 is 0 Å². The zero-order chi connectivity index (χ0) is 12.4. The highest BCUT2D eigenvalue weighted by Crippen LogP contribution is 2.21. The van der Waals surface area contributed by atoms with E-state index in [1.807, 2.05) is 7.05 Å². The molecule has 17 heavy (non-hydrogen) atoms. The molecule has 1 aliphatic heterocycles. The lowest BCUT2D eigenvalue weighted by atomic mass is 10.1. The first-order valence-corrected chi connectivity index (χ1v) is 5.95. The van der Waals surface area contributed by atoms with Gasteiger partial charge in [0.2, 0.25) is 0 Å². The fraction of sp³-hybridized carbons (Fsp3) is 0.538. The second kappa shape index (κ2) is 5.02. The lowest BCUT2D eigenvalue weighted by Crippen LogP contribution is -2.57. The Bertz CT molecular complexity index is 368. The molecule has 1 heterocycles. The SMILES string of the molecule is CC1CN(c2ccc(F)cc2)CC(CO)N1C. The number of aliphatic hydroxyl groups is 1. The van der Waals surface area contributed by atoms with Gasteiger partial charge >= 0.3 is 0 Å². The molecule has 2 rings (SSSR count). The summed E-state index contributed by atoms with van der Waals surface area (Å²) in [6.45, 7) is 3.97. The van der Waals surface area contributed by atoms with Gasteiger partial charge in [0, 0.05) is 24.8 Å². The van der Waals surface area contributed by atoms with E-state index in [4.69, 9.17) is 0 Å². The average Bonchev–Trinajstić information content (AvgIpc) is 2.33. The Morgan fingerprint density at radius 3 is 2.53 bits per heavy atom. The predicted octanol–water partition coefficient (Wildman–Crippen LogP) is 1.33. The molecule has 1 N–H and O–H groups in total. The Labute approximate surface area is 101 Å². The van der Waals surface area contributed by atoms with Crippen LogP contribution in [0.4, 0.5) is 10.1 Å². The number of halogens is 1. The summed E-state index contributed by atoms with van der Waals surface area (Å²) < 4.78 is 12.9. The molecule has 3 nitrogen and oxygen atoms in total. The molecule has 4 heteroatoms. The molecule has 2 atom stereocenters. The quantitative estimate of drug-likeness (QED) is 0.842. The van der Waals surface area contributed by atoms with Crippen LogP contribution < -0.4 is 4.90 Å². The molecular weight excluding hydrogens is 219 g/mol. The molecule has 1 aromatic rings. The monoisotopic (exact) mass is 238 g/mol. The summed E-state index contributed by atoms with van der Waals surface area (Å²) in [4.78, 5) is 4.39. The third-order valence-electron chi connectivity index (χ3n) is 3.59. The maximum atomic E-state index is 12.9. The molecule has 0 saturated carbocycles. The molecule has 0 spiro atoms. The maximum Gasteiger partial charge on any atom is 0.123 e. The van der Waals surface area contributed by atoms with Crippen molar-refractivity contribution < 1.29 is 9.50 Å². The van der Waals surface area contributed by atoms with E-state index in [1.54, 1.807) is 12.1 Å². The number of likely N-dealkylation sites (N-methyl/N-ethyl adjacent to an activating group) is 1. The van der Waals surface area contributed by atoms with Crippen molar-refractivity contribution in [2.24, 2.45) is 0 Å². The molecule has 0 bridgehead atoms. The van der Waals surface area contributed by atoms with Crippen LogP contribution in [0.5, 0.6) is 0 Å². The molecule has 2 unspecified atom stereocenters. The van der Waals surface area contributed by atoms with Gasteiger partial charge in [-0.1, -0.05) is 0 Å². The van der Waals surface area contributed by atoms with Crippen molar-refractivity contribution in [2.75, 3.05) is 31.6 Å². The Balaban J connectivity index is 2.14. The summed E-state index contributed by atoms with van der Waals surface area (Å²) in [5, 5.41) is 9.36. The smallest absolute Gasteiger partial charge is 0.123 e. The summed E-state index contributed by atoms with van der Waals surface area (Å²) in [6.07, 6.45) is 0. The Hall–Kier alpha value is -1.13. The fourth-order valence-electron chi connectivity index (χ4n) is 2.31. The van der Waals surface area contributed by atoms with Gasteiger partial charge in [-0.25, -0.2) is 4.39 Å². The van der Waals surface area contributed by atoms with Crippen LogP contribution in [0.1, 0.15) is 6.92 Å². The van der Waals surface area contributed by atoms with Gasteiger partial charge in [0.25, 0.3) is 0 Å². The molecule has 0 aliphatic carbocycles. The first-order valence-electron chi connectivity index (χ1n) is 5.95. The number of rotatable bonds is 2. The number of anilines is 1. The molecule has 0 aromatic heterocycles. The van der Waals surface area contributed by atoms with Gasteiger partial charge < -0.3 is 10.0 Å². The van der Waals surface area contributed by atoms with Crippen molar-refractivity contribution in [3.63, 3.8) is 0 Å². The van der Waals surface area contributed by atoms with Gasteiger partial charge in [0.15, 0.2) is 0 Å². The summed E-state index contributed by atoms with van der Waals surface area (Å²) in [6, 6.07) is 7.07. The van der Waals surface area contributed by atoms with Crippen LogP contribution in [0.2, 0.25) is 0 Å². The molecular formula is C13H19FN2O. The number of hydrogen-bond acceptors (Lipinski definition) is 3. The molecule has 0 amide bonds. The summed E-state index contributed by atoms with van der Waals surface area (Å²) in [5.74, 6) is -0.213. The normalized spacial score (nSPS) is 26.2. The average molecular weight is 238 g/mol. The Morgan fingerprint density at radius 2 is 1.94 bits per heavy atom. The van der Waals surface area contributed by atoms with E-state index in [2.05, 4.69) is 16.7 Å². The second-order valence-electron chi connectivity index (χ2n) is 4.73. The number of aliphatic hydroxyl groups excluding tert-OH is 1. The molecule has 1 aliphatic rings. The van der Waals surface area contributed by atoms with Crippen LogP contribution in [-0.2, 0) is 0 Å². The second-order valence-corrected chi connectivity index (χ2v) is 4.73. The first-order chi connectivity index (χ1) is 8.11. The fourth-order valence-corrected chi connectivity index (χ4v) is 2.31. The highest BCUT2D eigenvalue weighted by Gasteiger charge is 2.28. The van der Waals surface area contributed by atoms with Crippen LogP contribution in [-0.4, -0.2) is 48.8 Å². The minimum absolute atomic E-state index is 0.142. The molecule has 1 saturated heterocycles. The topological polar surface area (TPSA) is 26.7 Å². The lowest BCUT2D eigenvalue weighted by Gasteiger charge is -2.44. The number of benzene rings is 1. The zero-order valence-electron chi connectivity index (χ0n) is 10.3. The molecule has 1 aromatic carbocycles. The van der Waals surface area contributed by atoms with Crippen molar-refractivity contribution in [2.45, 2.75) is 19.0 Å². The van der Waals surface area contributed by atoms with Gasteiger partial charge in [0.05, 0.1) is 12.6 Å². The summed E-state index contributed by atoms with van der Waals surface area (Å²) >= 11 is 0. The van der Waals surface area contributed by atoms with Gasteiger partial charge in [-0.2, -0.15) is 0 Å². The third kappa shape index (κ3) is 2.58. The lowest BCUT2D eigenvalue weighted by molar-refractivity contribution is 0.0996. The van der Waals surface area contributed by atoms with E-state index in [9.17, 15) is 9.50 Å². The van der Waals surface area contributed by atoms with Gasteiger partial charge in [-0.15, -0.1) is 0 Å².